The molecule has 0 aliphatic carbocycles. The first kappa shape index (κ1) is 17.9. The second kappa shape index (κ2) is 6.46. The maximum Gasteiger partial charge on any atom is 0.355 e. The third kappa shape index (κ3) is 3.57. The highest BCUT2D eigenvalue weighted by atomic mass is 32.2. The Morgan fingerprint density at radius 3 is 2.60 bits per heavy atom. The van der Waals surface area contributed by atoms with Gasteiger partial charge in [0.05, 0.1) is 0 Å². The Hall–Kier alpha value is -1.86. The first-order valence-corrected chi connectivity index (χ1v) is 9.12. The van der Waals surface area contributed by atoms with Crippen LogP contribution in [-0.4, -0.2) is 39.5 Å². The highest BCUT2D eigenvalue weighted by Gasteiger charge is 2.52. The topological polar surface area (TPSA) is 72.6 Å². The molecule has 134 valence electrons. The largest absolute Gasteiger partial charge is 0.455 e. The standard InChI is InChI=1S/C18H21FN2O3S/c1-18(2,3)24-17(23)14-11(8-10-4-6-12(19)7-5-10)9-25-16-13(20)15(22)21(14)16/h4-7,13,16H,8-9,20H2,1-3H3/t13?,16-/m1/s1. The van der Waals surface area contributed by atoms with E-state index in [1.54, 1.807) is 32.9 Å². The van der Waals surface area contributed by atoms with Crippen LogP contribution in [0.15, 0.2) is 35.5 Å². The Morgan fingerprint density at radius 2 is 2.00 bits per heavy atom. The molecule has 0 saturated carbocycles. The van der Waals surface area contributed by atoms with Gasteiger partial charge in [0, 0.05) is 5.75 Å². The molecule has 1 aromatic carbocycles. The molecule has 1 aromatic rings. The van der Waals surface area contributed by atoms with Crippen molar-refractivity contribution in [1.29, 1.82) is 0 Å². The summed E-state index contributed by atoms with van der Waals surface area (Å²) >= 11 is 1.53. The molecule has 2 aliphatic heterocycles. The lowest BCUT2D eigenvalue weighted by Gasteiger charge is -2.48. The SMILES string of the molecule is CC(C)(C)OC(=O)C1=C(Cc2ccc(F)cc2)CS[C@@H]2C(N)C(=O)N12. The van der Waals surface area contributed by atoms with Crippen molar-refractivity contribution in [3.63, 3.8) is 0 Å². The van der Waals surface area contributed by atoms with Gasteiger partial charge in [0.25, 0.3) is 0 Å². The van der Waals surface area contributed by atoms with Crippen molar-refractivity contribution in [3.8, 4) is 0 Å². The summed E-state index contributed by atoms with van der Waals surface area (Å²) in [6.45, 7) is 5.34. The zero-order valence-corrected chi connectivity index (χ0v) is 15.2. The molecule has 25 heavy (non-hydrogen) atoms. The normalized spacial score (nSPS) is 23.2. The molecule has 0 spiro atoms. The summed E-state index contributed by atoms with van der Waals surface area (Å²) < 4.78 is 18.6. The van der Waals surface area contributed by atoms with E-state index < -0.39 is 17.6 Å². The van der Waals surface area contributed by atoms with Crippen molar-refractivity contribution in [2.24, 2.45) is 5.73 Å². The minimum Gasteiger partial charge on any atom is -0.455 e. The molecular formula is C18H21FN2O3S. The molecule has 2 heterocycles. The molecule has 3 rings (SSSR count). The predicted molar refractivity (Wildman–Crippen MR) is 94.0 cm³/mol. The molecule has 7 heteroatoms. The first-order valence-electron chi connectivity index (χ1n) is 8.07. The Kier molecular flexibility index (Phi) is 4.64. The van der Waals surface area contributed by atoms with E-state index in [9.17, 15) is 14.0 Å². The fourth-order valence-corrected chi connectivity index (χ4v) is 4.17. The van der Waals surface area contributed by atoms with E-state index in [0.29, 0.717) is 12.2 Å². The van der Waals surface area contributed by atoms with Gasteiger partial charge in [0.2, 0.25) is 5.91 Å². The van der Waals surface area contributed by atoms with Gasteiger partial charge in [-0.1, -0.05) is 12.1 Å². The van der Waals surface area contributed by atoms with Crippen molar-refractivity contribution < 1.29 is 18.7 Å². The van der Waals surface area contributed by atoms with E-state index >= 15 is 0 Å². The number of hydrogen-bond donors (Lipinski definition) is 1. The molecule has 2 N–H and O–H groups in total. The number of rotatable bonds is 3. The van der Waals surface area contributed by atoms with Crippen LogP contribution in [0.4, 0.5) is 4.39 Å². The minimum atomic E-state index is -0.665. The van der Waals surface area contributed by atoms with Crippen molar-refractivity contribution in [2.45, 2.75) is 44.2 Å². The van der Waals surface area contributed by atoms with Crippen molar-refractivity contribution in [3.05, 3.63) is 46.9 Å². The second-order valence-electron chi connectivity index (χ2n) is 7.19. The molecule has 0 bridgehead atoms. The molecule has 1 unspecified atom stereocenters. The number of fused-ring (bicyclic) bond motifs is 1. The van der Waals surface area contributed by atoms with Crippen LogP contribution in [-0.2, 0) is 20.7 Å². The number of nitrogens with two attached hydrogens (primary N) is 1. The summed E-state index contributed by atoms with van der Waals surface area (Å²) in [5.41, 5.74) is 7.14. The number of benzene rings is 1. The maximum atomic E-state index is 13.1. The van der Waals surface area contributed by atoms with Gasteiger partial charge in [0.1, 0.15) is 28.5 Å². The number of amides is 1. The summed E-state index contributed by atoms with van der Waals surface area (Å²) in [5.74, 6) is -0.523. The molecule has 1 amide bonds. The van der Waals surface area contributed by atoms with Gasteiger partial charge in [-0.25, -0.2) is 9.18 Å². The number of nitrogens with zero attached hydrogens (tertiary/aromatic N) is 1. The molecule has 2 aliphatic rings. The number of esters is 1. The van der Waals surface area contributed by atoms with Crippen LogP contribution in [0.3, 0.4) is 0 Å². The summed E-state index contributed by atoms with van der Waals surface area (Å²) in [6, 6.07) is 5.53. The van der Waals surface area contributed by atoms with Crippen LogP contribution < -0.4 is 5.73 Å². The fourth-order valence-electron chi connectivity index (χ4n) is 2.88. The first-order chi connectivity index (χ1) is 11.7. The van der Waals surface area contributed by atoms with E-state index in [1.807, 2.05) is 0 Å². The highest BCUT2D eigenvalue weighted by Crippen LogP contribution is 2.41. The quantitative estimate of drug-likeness (QED) is 0.658. The molecule has 0 aromatic heterocycles. The molecule has 2 atom stereocenters. The molecule has 0 radical (unpaired) electrons. The summed E-state index contributed by atoms with van der Waals surface area (Å²) in [7, 11) is 0. The number of β-lactam (4-membered cyclic amide) rings is 1. The van der Waals surface area contributed by atoms with Crippen LogP contribution >= 0.6 is 11.8 Å². The Balaban J connectivity index is 1.95. The van der Waals surface area contributed by atoms with E-state index in [0.717, 1.165) is 11.1 Å². The molecule has 1 fully saturated rings. The number of thioether (sulfide) groups is 1. The summed E-state index contributed by atoms with van der Waals surface area (Å²) in [4.78, 5) is 26.4. The Labute approximate surface area is 150 Å². The van der Waals surface area contributed by atoms with Crippen LogP contribution in [0.5, 0.6) is 0 Å². The molecular weight excluding hydrogens is 343 g/mol. The number of halogens is 1. The lowest BCUT2D eigenvalue weighted by molar-refractivity contribution is -0.158. The average Bonchev–Trinajstić information content (AvgIpc) is 2.54. The summed E-state index contributed by atoms with van der Waals surface area (Å²) in [5, 5.41) is -0.230. The van der Waals surface area contributed by atoms with Crippen LogP contribution in [0, 0.1) is 5.82 Å². The van der Waals surface area contributed by atoms with Gasteiger partial charge in [-0.05, 0) is 50.5 Å². The smallest absolute Gasteiger partial charge is 0.355 e. The van der Waals surface area contributed by atoms with Gasteiger partial charge in [-0.2, -0.15) is 0 Å². The van der Waals surface area contributed by atoms with Crippen LogP contribution in [0.2, 0.25) is 0 Å². The van der Waals surface area contributed by atoms with E-state index in [1.165, 1.54) is 28.8 Å². The highest BCUT2D eigenvalue weighted by molar-refractivity contribution is 8.00. The Morgan fingerprint density at radius 1 is 1.36 bits per heavy atom. The van der Waals surface area contributed by atoms with E-state index in [2.05, 4.69) is 0 Å². The van der Waals surface area contributed by atoms with Gasteiger partial charge < -0.3 is 10.5 Å². The summed E-state index contributed by atoms with van der Waals surface area (Å²) in [6.07, 6.45) is 0.452. The third-order valence-electron chi connectivity index (χ3n) is 4.01. The monoisotopic (exact) mass is 364 g/mol. The number of ether oxygens (including phenoxy) is 1. The number of carbonyl (C=O) groups excluding carboxylic acids is 2. The maximum absolute atomic E-state index is 13.1. The van der Waals surface area contributed by atoms with Gasteiger partial charge in [-0.15, -0.1) is 11.8 Å². The van der Waals surface area contributed by atoms with Crippen molar-refractivity contribution in [2.75, 3.05) is 5.75 Å². The third-order valence-corrected chi connectivity index (χ3v) is 5.37. The number of hydrogen-bond acceptors (Lipinski definition) is 5. The number of carbonyl (C=O) groups is 2. The molecule has 1 saturated heterocycles. The average molecular weight is 364 g/mol. The van der Waals surface area contributed by atoms with Crippen LogP contribution in [0.25, 0.3) is 0 Å². The lowest BCUT2D eigenvalue weighted by Crippen LogP contribution is -2.68. The van der Waals surface area contributed by atoms with Crippen molar-refractivity contribution >= 4 is 23.6 Å². The zero-order valence-electron chi connectivity index (χ0n) is 14.4. The molecule has 5 nitrogen and oxygen atoms in total. The van der Waals surface area contributed by atoms with Gasteiger partial charge in [-0.3, -0.25) is 9.69 Å². The van der Waals surface area contributed by atoms with Gasteiger partial charge in [0.15, 0.2) is 0 Å². The zero-order chi connectivity index (χ0) is 18.4. The second-order valence-corrected chi connectivity index (χ2v) is 8.30. The fraction of sp³-hybridized carbons (Fsp3) is 0.444. The Bertz CT molecular complexity index is 740. The van der Waals surface area contributed by atoms with Gasteiger partial charge >= 0.3 is 5.97 Å². The van der Waals surface area contributed by atoms with Crippen LogP contribution in [0.1, 0.15) is 26.3 Å². The van der Waals surface area contributed by atoms with E-state index in [4.69, 9.17) is 10.5 Å². The predicted octanol–water partition coefficient (Wildman–Crippen LogP) is 2.21. The van der Waals surface area contributed by atoms with E-state index in [-0.39, 0.29) is 22.8 Å². The minimum absolute atomic E-state index is 0.230. The lowest BCUT2D eigenvalue weighted by atomic mass is 9.99. The van der Waals surface area contributed by atoms with Crippen molar-refractivity contribution in [1.82, 2.24) is 4.90 Å².